The molecule has 0 saturated carbocycles. The molecule has 0 radical (unpaired) electrons. The van der Waals surface area contributed by atoms with Crippen molar-refractivity contribution in [3.8, 4) is 5.75 Å². The van der Waals surface area contributed by atoms with Gasteiger partial charge in [0.25, 0.3) is 5.91 Å². The summed E-state index contributed by atoms with van der Waals surface area (Å²) in [5, 5.41) is 14.8. The van der Waals surface area contributed by atoms with Crippen molar-refractivity contribution in [2.24, 2.45) is 0 Å². The maximum atomic E-state index is 12.2. The molecule has 1 aliphatic heterocycles. The molecule has 3 rings (SSSR count). The Bertz CT molecular complexity index is 780. The summed E-state index contributed by atoms with van der Waals surface area (Å²) in [6.45, 7) is 4.25. The number of aliphatic carboxylic acids is 2. The molecule has 2 heterocycles. The Morgan fingerprint density at radius 2 is 1.59 bits per heavy atom. The molecule has 9 heteroatoms. The SMILES string of the molecule is O=C(COc1ccccc1)N1CCN(Cc2cccnc2)CC1.O=C(O)C(=O)O. The highest BCUT2D eigenvalue weighted by atomic mass is 16.5. The maximum Gasteiger partial charge on any atom is 0.414 e. The van der Waals surface area contributed by atoms with Crippen LogP contribution in [0.1, 0.15) is 5.56 Å². The van der Waals surface area contributed by atoms with Crippen molar-refractivity contribution < 1.29 is 29.3 Å². The van der Waals surface area contributed by atoms with Crippen molar-refractivity contribution in [1.29, 1.82) is 0 Å². The third-order valence-electron chi connectivity index (χ3n) is 4.14. The van der Waals surface area contributed by atoms with Crippen molar-refractivity contribution in [1.82, 2.24) is 14.8 Å². The Morgan fingerprint density at radius 3 is 2.14 bits per heavy atom. The van der Waals surface area contributed by atoms with Gasteiger partial charge >= 0.3 is 11.9 Å². The highest BCUT2D eigenvalue weighted by molar-refractivity contribution is 6.27. The van der Waals surface area contributed by atoms with Gasteiger partial charge in [-0.15, -0.1) is 0 Å². The number of carbonyl (C=O) groups excluding carboxylic acids is 1. The van der Waals surface area contributed by atoms with Gasteiger partial charge in [0.1, 0.15) is 5.75 Å². The first-order valence-electron chi connectivity index (χ1n) is 8.99. The minimum Gasteiger partial charge on any atom is -0.484 e. The van der Waals surface area contributed by atoms with Crippen molar-refractivity contribution >= 4 is 17.8 Å². The zero-order valence-electron chi connectivity index (χ0n) is 15.8. The molecule has 2 N–H and O–H groups in total. The minimum absolute atomic E-state index is 0.0508. The summed E-state index contributed by atoms with van der Waals surface area (Å²) in [5.74, 6) is -2.86. The Balaban J connectivity index is 0.000000438. The molecule has 0 unspecified atom stereocenters. The number of rotatable bonds is 5. The summed E-state index contributed by atoms with van der Waals surface area (Å²) >= 11 is 0. The number of amides is 1. The number of piperazine rings is 1. The number of hydrogen-bond acceptors (Lipinski definition) is 6. The first-order chi connectivity index (χ1) is 14.0. The van der Waals surface area contributed by atoms with Crippen LogP contribution in [0, 0.1) is 0 Å². The van der Waals surface area contributed by atoms with Gasteiger partial charge in [-0.05, 0) is 23.8 Å². The molecular formula is C20H23N3O6. The van der Waals surface area contributed by atoms with Crippen LogP contribution in [0.15, 0.2) is 54.9 Å². The number of pyridine rings is 1. The summed E-state index contributed by atoms with van der Waals surface area (Å²) in [7, 11) is 0. The van der Waals surface area contributed by atoms with E-state index in [0.717, 1.165) is 38.5 Å². The molecular weight excluding hydrogens is 378 g/mol. The fraction of sp³-hybridized carbons (Fsp3) is 0.300. The molecule has 0 atom stereocenters. The summed E-state index contributed by atoms with van der Waals surface area (Å²) in [6, 6.07) is 13.5. The van der Waals surface area contributed by atoms with E-state index in [4.69, 9.17) is 24.5 Å². The molecule has 1 amide bonds. The lowest BCUT2D eigenvalue weighted by molar-refractivity contribution is -0.159. The van der Waals surface area contributed by atoms with E-state index in [1.54, 1.807) is 6.20 Å². The topological polar surface area (TPSA) is 120 Å². The van der Waals surface area contributed by atoms with Gasteiger partial charge in [0, 0.05) is 45.1 Å². The van der Waals surface area contributed by atoms with Gasteiger partial charge in [-0.2, -0.15) is 0 Å². The smallest absolute Gasteiger partial charge is 0.414 e. The Hall–Kier alpha value is -3.46. The molecule has 1 aromatic carbocycles. The lowest BCUT2D eigenvalue weighted by Gasteiger charge is -2.34. The first-order valence-corrected chi connectivity index (χ1v) is 8.99. The molecule has 2 aromatic rings. The second-order valence-corrected chi connectivity index (χ2v) is 6.23. The van der Waals surface area contributed by atoms with Crippen LogP contribution in [0.4, 0.5) is 0 Å². The number of carbonyl (C=O) groups is 3. The van der Waals surface area contributed by atoms with Crippen LogP contribution in [-0.4, -0.2) is 75.6 Å². The van der Waals surface area contributed by atoms with Crippen LogP contribution in [0.2, 0.25) is 0 Å². The summed E-state index contributed by atoms with van der Waals surface area (Å²) in [5.41, 5.74) is 1.21. The number of benzene rings is 1. The minimum atomic E-state index is -1.82. The third-order valence-corrected chi connectivity index (χ3v) is 4.14. The van der Waals surface area contributed by atoms with Crippen LogP contribution in [0.25, 0.3) is 0 Å². The quantitative estimate of drug-likeness (QED) is 0.711. The number of carboxylic acids is 2. The van der Waals surface area contributed by atoms with E-state index in [1.807, 2.05) is 47.5 Å². The number of para-hydroxylation sites is 1. The van der Waals surface area contributed by atoms with Crippen LogP contribution in [0.5, 0.6) is 5.75 Å². The van der Waals surface area contributed by atoms with E-state index >= 15 is 0 Å². The molecule has 0 aliphatic carbocycles. The zero-order chi connectivity index (χ0) is 21.1. The van der Waals surface area contributed by atoms with Crippen molar-refractivity contribution in [3.63, 3.8) is 0 Å². The average molecular weight is 401 g/mol. The highest BCUT2D eigenvalue weighted by Gasteiger charge is 2.21. The van der Waals surface area contributed by atoms with E-state index in [1.165, 1.54) is 5.56 Å². The van der Waals surface area contributed by atoms with Gasteiger partial charge in [0.2, 0.25) is 0 Å². The van der Waals surface area contributed by atoms with E-state index in [9.17, 15) is 4.79 Å². The summed E-state index contributed by atoms with van der Waals surface area (Å²) < 4.78 is 5.53. The standard InChI is InChI=1S/C18H21N3O2.C2H2O4/c22-18(15-23-17-6-2-1-3-7-17)21-11-9-20(10-12-21)14-16-5-4-8-19-13-16;3-1(4)2(5)6/h1-8,13H,9-12,14-15H2;(H,3,4)(H,5,6). The van der Waals surface area contributed by atoms with Gasteiger partial charge in [0.05, 0.1) is 0 Å². The summed E-state index contributed by atoms with van der Waals surface area (Å²) in [4.78, 5) is 38.8. The Labute approximate surface area is 168 Å². The number of carboxylic acid groups (broad SMARTS) is 2. The Morgan fingerprint density at radius 1 is 0.931 bits per heavy atom. The van der Waals surface area contributed by atoms with Gasteiger partial charge < -0.3 is 19.8 Å². The van der Waals surface area contributed by atoms with E-state index in [-0.39, 0.29) is 12.5 Å². The van der Waals surface area contributed by atoms with Gasteiger partial charge in [-0.3, -0.25) is 14.7 Å². The second-order valence-electron chi connectivity index (χ2n) is 6.23. The molecule has 1 aromatic heterocycles. The average Bonchev–Trinajstić information content (AvgIpc) is 2.74. The van der Waals surface area contributed by atoms with Gasteiger partial charge in [0.15, 0.2) is 6.61 Å². The van der Waals surface area contributed by atoms with E-state index in [2.05, 4.69) is 16.0 Å². The van der Waals surface area contributed by atoms with Crippen LogP contribution < -0.4 is 4.74 Å². The van der Waals surface area contributed by atoms with Gasteiger partial charge in [-0.1, -0.05) is 24.3 Å². The predicted octanol–water partition coefficient (Wildman–Crippen LogP) is 0.960. The molecule has 1 saturated heterocycles. The predicted molar refractivity (Wildman–Crippen MR) is 103 cm³/mol. The lowest BCUT2D eigenvalue weighted by Crippen LogP contribution is -2.49. The monoisotopic (exact) mass is 401 g/mol. The largest absolute Gasteiger partial charge is 0.484 e. The zero-order valence-corrected chi connectivity index (χ0v) is 15.8. The van der Waals surface area contributed by atoms with E-state index < -0.39 is 11.9 Å². The Kier molecular flexibility index (Phi) is 8.58. The van der Waals surface area contributed by atoms with Gasteiger partial charge in [-0.25, -0.2) is 9.59 Å². The van der Waals surface area contributed by atoms with Crippen molar-refractivity contribution in [3.05, 3.63) is 60.4 Å². The van der Waals surface area contributed by atoms with Crippen LogP contribution in [0.3, 0.4) is 0 Å². The van der Waals surface area contributed by atoms with Crippen molar-refractivity contribution in [2.75, 3.05) is 32.8 Å². The number of nitrogens with zero attached hydrogens (tertiary/aromatic N) is 3. The third kappa shape index (κ3) is 7.97. The molecule has 0 bridgehead atoms. The number of aromatic nitrogens is 1. The summed E-state index contributed by atoms with van der Waals surface area (Å²) in [6.07, 6.45) is 3.68. The molecule has 29 heavy (non-hydrogen) atoms. The van der Waals surface area contributed by atoms with Crippen molar-refractivity contribution in [2.45, 2.75) is 6.54 Å². The second kappa shape index (κ2) is 11.4. The van der Waals surface area contributed by atoms with Crippen LogP contribution >= 0.6 is 0 Å². The molecule has 9 nitrogen and oxygen atoms in total. The number of hydrogen-bond donors (Lipinski definition) is 2. The molecule has 154 valence electrons. The highest BCUT2D eigenvalue weighted by Crippen LogP contribution is 2.10. The maximum absolute atomic E-state index is 12.2. The fourth-order valence-electron chi connectivity index (χ4n) is 2.66. The molecule has 1 aliphatic rings. The molecule has 0 spiro atoms. The lowest BCUT2D eigenvalue weighted by atomic mass is 10.2. The van der Waals surface area contributed by atoms with E-state index in [0.29, 0.717) is 0 Å². The molecule has 1 fully saturated rings. The number of ether oxygens (including phenoxy) is 1. The fourth-order valence-corrected chi connectivity index (χ4v) is 2.66. The first kappa shape index (κ1) is 21.8. The van der Waals surface area contributed by atoms with Crippen LogP contribution in [-0.2, 0) is 20.9 Å². The normalized spacial score (nSPS) is 13.7.